The summed E-state index contributed by atoms with van der Waals surface area (Å²) >= 11 is 5.99. The van der Waals surface area contributed by atoms with Gasteiger partial charge in [-0.3, -0.25) is 9.69 Å². The summed E-state index contributed by atoms with van der Waals surface area (Å²) in [6.07, 6.45) is 0.232. The maximum Gasteiger partial charge on any atom is 0.156 e. The molecule has 1 N–H and O–H groups in total. The highest BCUT2D eigenvalue weighted by Gasteiger charge is 2.34. The number of benzene rings is 1. The molecule has 0 amide bonds. The van der Waals surface area contributed by atoms with Gasteiger partial charge in [-0.05, 0) is 31.5 Å². The van der Waals surface area contributed by atoms with E-state index in [1.165, 1.54) is 12.1 Å². The Morgan fingerprint density at radius 1 is 1.40 bits per heavy atom. The average molecular weight is 299 g/mol. The second-order valence-electron chi connectivity index (χ2n) is 5.63. The lowest BCUT2D eigenvalue weighted by Gasteiger charge is -2.40. The Hall–Kier alpha value is -0.970. The van der Waals surface area contributed by atoms with E-state index in [2.05, 4.69) is 10.2 Å². The Kier molecular flexibility index (Phi) is 4.78. The summed E-state index contributed by atoms with van der Waals surface area (Å²) in [5.74, 6) is -0.277. The smallest absolute Gasteiger partial charge is 0.156 e. The predicted octanol–water partition coefficient (Wildman–Crippen LogP) is 2.27. The van der Waals surface area contributed by atoms with E-state index in [0.717, 1.165) is 26.2 Å². The third kappa shape index (κ3) is 3.37. The highest BCUT2D eigenvalue weighted by atomic mass is 35.5. The summed E-state index contributed by atoms with van der Waals surface area (Å²) in [6.45, 7) is 7.39. The molecule has 1 aliphatic heterocycles. The molecule has 0 aromatic heterocycles. The molecule has 1 saturated heterocycles. The molecule has 110 valence electrons. The van der Waals surface area contributed by atoms with Gasteiger partial charge in [-0.25, -0.2) is 4.39 Å². The van der Waals surface area contributed by atoms with E-state index in [0.29, 0.717) is 10.6 Å². The molecule has 3 nitrogen and oxygen atoms in total. The fourth-order valence-corrected chi connectivity index (χ4v) is 2.69. The van der Waals surface area contributed by atoms with E-state index in [1.807, 2.05) is 13.8 Å². The lowest BCUT2D eigenvalue weighted by molar-refractivity contribution is -0.129. The molecule has 0 spiro atoms. The zero-order chi connectivity index (χ0) is 14.8. The van der Waals surface area contributed by atoms with Crippen LogP contribution in [0.3, 0.4) is 0 Å². The van der Waals surface area contributed by atoms with Gasteiger partial charge in [-0.15, -0.1) is 0 Å². The first-order chi connectivity index (χ1) is 9.41. The number of nitrogens with zero attached hydrogens (tertiary/aromatic N) is 1. The molecule has 0 bridgehead atoms. The summed E-state index contributed by atoms with van der Waals surface area (Å²) in [5.41, 5.74) is 0.154. The minimum absolute atomic E-state index is 0.105. The summed E-state index contributed by atoms with van der Waals surface area (Å²) in [6, 6.07) is 4.18. The first-order valence-corrected chi connectivity index (χ1v) is 7.22. The molecule has 1 aromatic carbocycles. The van der Waals surface area contributed by atoms with Crippen LogP contribution in [0, 0.1) is 5.82 Å². The molecule has 20 heavy (non-hydrogen) atoms. The van der Waals surface area contributed by atoms with Crippen LogP contribution in [-0.4, -0.2) is 42.4 Å². The molecule has 0 aliphatic carbocycles. The number of piperazine rings is 1. The van der Waals surface area contributed by atoms with Gasteiger partial charge in [0.15, 0.2) is 5.78 Å². The number of carbonyl (C=O) groups is 1. The van der Waals surface area contributed by atoms with Gasteiger partial charge < -0.3 is 5.32 Å². The van der Waals surface area contributed by atoms with Gasteiger partial charge in [0.1, 0.15) is 5.82 Å². The number of ketones is 1. The van der Waals surface area contributed by atoms with Gasteiger partial charge in [0.2, 0.25) is 0 Å². The largest absolute Gasteiger partial charge is 0.314 e. The summed E-state index contributed by atoms with van der Waals surface area (Å²) in [5, 5.41) is 3.59. The van der Waals surface area contributed by atoms with Crippen molar-refractivity contribution in [3.63, 3.8) is 0 Å². The van der Waals surface area contributed by atoms with Crippen molar-refractivity contribution in [3.05, 3.63) is 34.6 Å². The quantitative estimate of drug-likeness (QED) is 0.925. The van der Waals surface area contributed by atoms with Crippen LogP contribution >= 0.6 is 11.6 Å². The second-order valence-corrected chi connectivity index (χ2v) is 6.04. The number of hydrogen-bond donors (Lipinski definition) is 1. The monoisotopic (exact) mass is 298 g/mol. The number of hydrogen-bond acceptors (Lipinski definition) is 3. The van der Waals surface area contributed by atoms with Crippen molar-refractivity contribution in [3.8, 4) is 0 Å². The minimum atomic E-state index is -0.528. The van der Waals surface area contributed by atoms with Crippen LogP contribution in [0.1, 0.15) is 19.4 Å². The fourth-order valence-electron chi connectivity index (χ4n) is 2.45. The molecule has 0 atom stereocenters. The maximum absolute atomic E-state index is 13.0. The molecular formula is C15H20ClFN2O. The van der Waals surface area contributed by atoms with Crippen molar-refractivity contribution < 1.29 is 9.18 Å². The van der Waals surface area contributed by atoms with E-state index in [1.54, 1.807) is 6.07 Å². The lowest BCUT2D eigenvalue weighted by atomic mass is 9.91. The highest BCUT2D eigenvalue weighted by molar-refractivity contribution is 6.31. The summed E-state index contributed by atoms with van der Waals surface area (Å²) in [7, 11) is 0. The summed E-state index contributed by atoms with van der Waals surface area (Å²) in [4.78, 5) is 14.7. The number of Topliss-reactive ketones (excluding diaryl/α,β-unsaturated/α-hetero) is 1. The van der Waals surface area contributed by atoms with Crippen LogP contribution in [0.4, 0.5) is 4.39 Å². The normalized spacial score (nSPS) is 17.2. The van der Waals surface area contributed by atoms with Crippen molar-refractivity contribution in [2.45, 2.75) is 25.8 Å². The van der Waals surface area contributed by atoms with Gasteiger partial charge in [-0.2, -0.15) is 0 Å². The molecule has 0 radical (unpaired) electrons. The molecular weight excluding hydrogens is 279 g/mol. The van der Waals surface area contributed by atoms with Gasteiger partial charge in [0.25, 0.3) is 0 Å². The van der Waals surface area contributed by atoms with E-state index in [9.17, 15) is 9.18 Å². The van der Waals surface area contributed by atoms with Gasteiger partial charge in [0, 0.05) is 37.6 Å². The fraction of sp³-hybridized carbons (Fsp3) is 0.533. The molecule has 1 aliphatic rings. The van der Waals surface area contributed by atoms with Crippen LogP contribution in [0.2, 0.25) is 5.02 Å². The minimum Gasteiger partial charge on any atom is -0.314 e. The lowest BCUT2D eigenvalue weighted by Crippen LogP contribution is -2.57. The zero-order valence-corrected chi connectivity index (χ0v) is 12.6. The van der Waals surface area contributed by atoms with Crippen LogP contribution in [-0.2, 0) is 11.2 Å². The van der Waals surface area contributed by atoms with E-state index < -0.39 is 5.54 Å². The van der Waals surface area contributed by atoms with Crippen molar-refractivity contribution in [1.29, 1.82) is 0 Å². The summed E-state index contributed by atoms with van der Waals surface area (Å²) < 4.78 is 13.0. The Morgan fingerprint density at radius 2 is 2.05 bits per heavy atom. The molecule has 0 saturated carbocycles. The first kappa shape index (κ1) is 15.4. The molecule has 2 rings (SSSR count). The highest BCUT2D eigenvalue weighted by Crippen LogP contribution is 2.23. The van der Waals surface area contributed by atoms with Crippen LogP contribution in [0.25, 0.3) is 0 Å². The molecule has 1 heterocycles. The van der Waals surface area contributed by atoms with Gasteiger partial charge in [0.05, 0.1) is 5.54 Å². The van der Waals surface area contributed by atoms with E-state index >= 15 is 0 Å². The Labute approximate surface area is 124 Å². The average Bonchev–Trinajstić information content (AvgIpc) is 2.42. The van der Waals surface area contributed by atoms with Crippen LogP contribution in [0.5, 0.6) is 0 Å². The molecule has 1 fully saturated rings. The van der Waals surface area contributed by atoms with Crippen molar-refractivity contribution >= 4 is 17.4 Å². The molecule has 1 aromatic rings. The molecule has 0 unspecified atom stereocenters. The predicted molar refractivity (Wildman–Crippen MR) is 78.6 cm³/mol. The van der Waals surface area contributed by atoms with Crippen molar-refractivity contribution in [1.82, 2.24) is 10.2 Å². The number of carbonyl (C=O) groups excluding carboxylic acids is 1. The maximum atomic E-state index is 13.0. The molecule has 5 heteroatoms. The Bertz CT molecular complexity index is 499. The topological polar surface area (TPSA) is 32.3 Å². The van der Waals surface area contributed by atoms with E-state index in [4.69, 9.17) is 11.6 Å². The van der Waals surface area contributed by atoms with Crippen molar-refractivity contribution in [2.24, 2.45) is 0 Å². The Morgan fingerprint density at radius 3 is 2.65 bits per heavy atom. The van der Waals surface area contributed by atoms with E-state index in [-0.39, 0.29) is 18.0 Å². The zero-order valence-electron chi connectivity index (χ0n) is 11.9. The number of halogens is 2. The third-order valence-electron chi connectivity index (χ3n) is 3.96. The number of nitrogens with one attached hydrogen (secondary N) is 1. The van der Waals surface area contributed by atoms with Crippen molar-refractivity contribution in [2.75, 3.05) is 26.2 Å². The van der Waals surface area contributed by atoms with Crippen LogP contribution in [0.15, 0.2) is 18.2 Å². The third-order valence-corrected chi connectivity index (χ3v) is 4.31. The SMILES string of the molecule is CC(C)(C(=O)Cc1ccc(F)cc1Cl)N1CCNCC1. The van der Waals surface area contributed by atoms with Crippen LogP contribution < -0.4 is 5.32 Å². The van der Waals surface area contributed by atoms with Gasteiger partial charge in [-0.1, -0.05) is 17.7 Å². The standard InChI is InChI=1S/C15H20ClFN2O/c1-15(2,19-7-5-18-6-8-19)14(20)9-11-3-4-12(17)10-13(11)16/h3-4,10,18H,5-9H2,1-2H3. The second kappa shape index (κ2) is 6.20. The van der Waals surface area contributed by atoms with Gasteiger partial charge >= 0.3 is 0 Å². The Balaban J connectivity index is 2.09. The number of rotatable bonds is 4. The first-order valence-electron chi connectivity index (χ1n) is 6.84.